The monoisotopic (exact) mass is 232 g/mol. The van der Waals surface area contributed by atoms with Crippen molar-refractivity contribution in [3.8, 4) is 11.8 Å². The maximum absolute atomic E-state index is 8.63. The number of nitriles is 1. The molecule has 0 amide bonds. The van der Waals surface area contributed by atoms with Crippen LogP contribution in [0.3, 0.4) is 0 Å². The number of ether oxygens (including phenoxy) is 1. The molecule has 1 aromatic rings. The Labute approximate surface area is 103 Å². The molecule has 17 heavy (non-hydrogen) atoms. The second kappa shape index (κ2) is 6.93. The number of rotatable bonds is 6. The zero-order valence-corrected chi connectivity index (χ0v) is 10.7. The highest BCUT2D eigenvalue weighted by atomic mass is 16.5. The van der Waals surface area contributed by atoms with E-state index in [1.165, 1.54) is 5.56 Å². The van der Waals surface area contributed by atoms with E-state index in [-0.39, 0.29) is 0 Å². The Bertz CT molecular complexity index is 365. The molecule has 0 aliphatic carbocycles. The van der Waals surface area contributed by atoms with Crippen molar-refractivity contribution in [3.63, 3.8) is 0 Å². The molecule has 0 fully saturated rings. The first kappa shape index (κ1) is 13.5. The highest BCUT2D eigenvalue weighted by molar-refractivity contribution is 5.27. The zero-order valence-electron chi connectivity index (χ0n) is 10.7. The highest BCUT2D eigenvalue weighted by Crippen LogP contribution is 2.13. The van der Waals surface area contributed by atoms with Gasteiger partial charge in [-0.15, -0.1) is 0 Å². The first-order valence-corrected chi connectivity index (χ1v) is 5.97. The molecule has 0 heterocycles. The predicted octanol–water partition coefficient (Wildman–Crippen LogP) is 2.72. The summed E-state index contributed by atoms with van der Waals surface area (Å²) < 4.78 is 5.38. The number of hydrogen-bond acceptors (Lipinski definition) is 3. The molecule has 92 valence electrons. The third kappa shape index (κ3) is 5.37. The van der Waals surface area contributed by atoms with Crippen molar-refractivity contribution < 1.29 is 4.74 Å². The summed E-state index contributed by atoms with van der Waals surface area (Å²) in [4.78, 5) is 0. The first-order valence-electron chi connectivity index (χ1n) is 5.97. The lowest BCUT2D eigenvalue weighted by Gasteiger charge is -2.10. The average Bonchev–Trinajstić information content (AvgIpc) is 2.31. The van der Waals surface area contributed by atoms with Gasteiger partial charge in [0.05, 0.1) is 0 Å². The number of hydrogen-bond donors (Lipinski definition) is 1. The second-order valence-electron chi connectivity index (χ2n) is 4.56. The van der Waals surface area contributed by atoms with Gasteiger partial charge in [-0.2, -0.15) is 5.26 Å². The van der Waals surface area contributed by atoms with Crippen molar-refractivity contribution in [1.29, 1.82) is 5.26 Å². The molecule has 1 rings (SSSR count). The number of benzene rings is 1. The fraction of sp³-hybridized carbons (Fsp3) is 0.500. The van der Waals surface area contributed by atoms with Crippen LogP contribution in [0, 0.1) is 17.2 Å². The molecule has 3 heteroatoms. The van der Waals surface area contributed by atoms with Gasteiger partial charge < -0.3 is 10.1 Å². The SMILES string of the molecule is CC(C)CNCc1ccc(OC(C)C#N)cc1. The Morgan fingerprint density at radius 2 is 1.88 bits per heavy atom. The minimum Gasteiger partial charge on any atom is -0.476 e. The van der Waals surface area contributed by atoms with Gasteiger partial charge in [-0.3, -0.25) is 0 Å². The summed E-state index contributed by atoms with van der Waals surface area (Å²) in [5.41, 5.74) is 1.22. The Morgan fingerprint density at radius 3 is 2.41 bits per heavy atom. The van der Waals surface area contributed by atoms with Crippen molar-refractivity contribution in [2.45, 2.75) is 33.4 Å². The van der Waals surface area contributed by atoms with Crippen LogP contribution in [0.25, 0.3) is 0 Å². The van der Waals surface area contributed by atoms with Gasteiger partial charge in [-0.25, -0.2) is 0 Å². The van der Waals surface area contributed by atoms with E-state index in [4.69, 9.17) is 10.00 Å². The fourth-order valence-electron chi connectivity index (χ4n) is 1.42. The minimum atomic E-state index is -0.403. The standard InChI is InChI=1S/C14H20N2O/c1-11(2)9-16-10-13-4-6-14(7-5-13)17-12(3)8-15/h4-7,11-12,16H,9-10H2,1-3H3. The van der Waals surface area contributed by atoms with Crippen LogP contribution in [0.4, 0.5) is 0 Å². The van der Waals surface area contributed by atoms with Gasteiger partial charge in [0, 0.05) is 6.54 Å². The van der Waals surface area contributed by atoms with Crippen LogP contribution < -0.4 is 10.1 Å². The Balaban J connectivity index is 2.42. The van der Waals surface area contributed by atoms with E-state index in [2.05, 4.69) is 19.2 Å². The van der Waals surface area contributed by atoms with Gasteiger partial charge >= 0.3 is 0 Å². The summed E-state index contributed by atoms with van der Waals surface area (Å²) in [5.74, 6) is 1.40. The molecule has 1 unspecified atom stereocenters. The number of nitrogens with one attached hydrogen (secondary N) is 1. The van der Waals surface area contributed by atoms with Crippen molar-refractivity contribution in [1.82, 2.24) is 5.32 Å². The molecule has 0 radical (unpaired) electrons. The molecule has 0 saturated heterocycles. The van der Waals surface area contributed by atoms with E-state index in [1.807, 2.05) is 30.3 Å². The van der Waals surface area contributed by atoms with Gasteiger partial charge in [-0.05, 0) is 37.1 Å². The zero-order chi connectivity index (χ0) is 12.7. The highest BCUT2D eigenvalue weighted by Gasteiger charge is 2.01. The summed E-state index contributed by atoms with van der Waals surface area (Å²) in [6.45, 7) is 7.99. The molecule has 1 atom stereocenters. The summed E-state index contributed by atoms with van der Waals surface area (Å²) in [6, 6.07) is 9.89. The Hall–Kier alpha value is -1.53. The van der Waals surface area contributed by atoms with Crippen molar-refractivity contribution >= 4 is 0 Å². The first-order chi connectivity index (χ1) is 8.11. The van der Waals surface area contributed by atoms with E-state index >= 15 is 0 Å². The normalized spacial score (nSPS) is 12.2. The van der Waals surface area contributed by atoms with E-state index in [0.717, 1.165) is 18.8 Å². The van der Waals surface area contributed by atoms with E-state index in [1.54, 1.807) is 6.92 Å². The lowest BCUT2D eigenvalue weighted by atomic mass is 10.2. The maximum Gasteiger partial charge on any atom is 0.181 e. The molecule has 0 aromatic heterocycles. The lowest BCUT2D eigenvalue weighted by molar-refractivity contribution is 0.276. The molecule has 0 saturated carbocycles. The van der Waals surface area contributed by atoms with Gasteiger partial charge in [0.1, 0.15) is 11.8 Å². The second-order valence-corrected chi connectivity index (χ2v) is 4.56. The van der Waals surface area contributed by atoms with Crippen LogP contribution in [0.2, 0.25) is 0 Å². The summed E-state index contributed by atoms with van der Waals surface area (Å²) in [5, 5.41) is 12.0. The quantitative estimate of drug-likeness (QED) is 0.820. The van der Waals surface area contributed by atoms with Crippen LogP contribution in [0.15, 0.2) is 24.3 Å². The minimum absolute atomic E-state index is 0.403. The molecule has 1 N–H and O–H groups in total. The maximum atomic E-state index is 8.63. The predicted molar refractivity (Wildman–Crippen MR) is 68.7 cm³/mol. The van der Waals surface area contributed by atoms with Crippen LogP contribution in [0.1, 0.15) is 26.3 Å². The molecule has 0 spiro atoms. The van der Waals surface area contributed by atoms with Crippen LogP contribution in [-0.2, 0) is 6.54 Å². The average molecular weight is 232 g/mol. The smallest absolute Gasteiger partial charge is 0.181 e. The summed E-state index contributed by atoms with van der Waals surface area (Å²) in [7, 11) is 0. The topological polar surface area (TPSA) is 45.0 Å². The van der Waals surface area contributed by atoms with Gasteiger partial charge in [0.2, 0.25) is 0 Å². The van der Waals surface area contributed by atoms with Crippen molar-refractivity contribution in [3.05, 3.63) is 29.8 Å². The van der Waals surface area contributed by atoms with Gasteiger partial charge in [0.15, 0.2) is 6.10 Å². The molecular weight excluding hydrogens is 212 g/mol. The van der Waals surface area contributed by atoms with Crippen molar-refractivity contribution in [2.24, 2.45) is 5.92 Å². The fourth-order valence-corrected chi connectivity index (χ4v) is 1.42. The molecule has 0 aliphatic rings. The third-order valence-electron chi connectivity index (χ3n) is 2.30. The Morgan fingerprint density at radius 1 is 1.24 bits per heavy atom. The molecule has 1 aromatic carbocycles. The molecule has 0 bridgehead atoms. The van der Waals surface area contributed by atoms with Crippen molar-refractivity contribution in [2.75, 3.05) is 6.54 Å². The summed E-state index contributed by atoms with van der Waals surface area (Å²) in [6.07, 6.45) is -0.403. The van der Waals surface area contributed by atoms with Crippen LogP contribution >= 0.6 is 0 Å². The van der Waals surface area contributed by atoms with Crippen LogP contribution in [-0.4, -0.2) is 12.6 Å². The van der Waals surface area contributed by atoms with Gasteiger partial charge in [0.25, 0.3) is 0 Å². The summed E-state index contributed by atoms with van der Waals surface area (Å²) >= 11 is 0. The third-order valence-corrected chi connectivity index (χ3v) is 2.30. The van der Waals surface area contributed by atoms with E-state index < -0.39 is 6.10 Å². The van der Waals surface area contributed by atoms with E-state index in [0.29, 0.717) is 5.92 Å². The van der Waals surface area contributed by atoms with Crippen LogP contribution in [0.5, 0.6) is 5.75 Å². The lowest BCUT2D eigenvalue weighted by Crippen LogP contribution is -2.18. The molecule has 3 nitrogen and oxygen atoms in total. The van der Waals surface area contributed by atoms with E-state index in [9.17, 15) is 0 Å². The molecular formula is C14H20N2O. The number of nitrogens with zero attached hydrogens (tertiary/aromatic N) is 1. The van der Waals surface area contributed by atoms with Gasteiger partial charge in [-0.1, -0.05) is 26.0 Å². The largest absolute Gasteiger partial charge is 0.476 e. The molecule has 0 aliphatic heterocycles. The Kier molecular flexibility index (Phi) is 5.51.